The number of anilines is 1. The summed E-state index contributed by atoms with van der Waals surface area (Å²) >= 11 is 0. The summed E-state index contributed by atoms with van der Waals surface area (Å²) in [5.41, 5.74) is -6.10. The van der Waals surface area contributed by atoms with Crippen molar-refractivity contribution in [1.82, 2.24) is 15.0 Å². The molecular weight excluding hydrogens is 418 g/mol. The van der Waals surface area contributed by atoms with Crippen LogP contribution >= 0.6 is 0 Å². The van der Waals surface area contributed by atoms with Crippen LogP contribution in [0.15, 0.2) is 60.8 Å². The topological polar surface area (TPSA) is 80.0 Å². The zero-order valence-corrected chi connectivity index (χ0v) is 14.7. The Balaban J connectivity index is 1.79. The second kappa shape index (κ2) is 7.44. The molecule has 0 aliphatic heterocycles. The minimum atomic E-state index is -5.99. The predicted octanol–water partition coefficient (Wildman–Crippen LogP) is 3.83. The number of halogens is 6. The van der Waals surface area contributed by atoms with Crippen LogP contribution in [0.1, 0.15) is 16.1 Å². The molecule has 0 fully saturated rings. The molecule has 0 bridgehead atoms. The van der Waals surface area contributed by atoms with E-state index in [1.165, 1.54) is 10.9 Å². The molecule has 0 spiro atoms. The number of nitrogens with zero attached hydrogens (tertiary/aromatic N) is 3. The van der Waals surface area contributed by atoms with E-state index in [9.17, 15) is 36.2 Å². The van der Waals surface area contributed by atoms with Crippen LogP contribution in [0.4, 0.5) is 32.0 Å². The first kappa shape index (κ1) is 21.3. The molecule has 0 radical (unpaired) electrons. The highest BCUT2D eigenvalue weighted by Gasteiger charge is 2.71. The maximum Gasteiger partial charge on any atom is 0.430 e. The molecule has 2 N–H and O–H groups in total. The van der Waals surface area contributed by atoms with Crippen molar-refractivity contribution in [3.05, 3.63) is 72.1 Å². The van der Waals surface area contributed by atoms with Gasteiger partial charge in [0.15, 0.2) is 5.69 Å². The Labute approximate surface area is 164 Å². The zero-order chi connectivity index (χ0) is 22.2. The number of alkyl halides is 6. The molecule has 6 nitrogen and oxygen atoms in total. The lowest BCUT2D eigenvalue weighted by atomic mass is 9.92. The van der Waals surface area contributed by atoms with Gasteiger partial charge in [-0.1, -0.05) is 35.5 Å². The van der Waals surface area contributed by atoms with E-state index in [0.717, 1.165) is 12.1 Å². The van der Waals surface area contributed by atoms with Crippen LogP contribution < -0.4 is 5.32 Å². The van der Waals surface area contributed by atoms with Gasteiger partial charge in [-0.05, 0) is 24.3 Å². The fourth-order valence-electron chi connectivity index (χ4n) is 2.55. The largest absolute Gasteiger partial charge is 0.430 e. The van der Waals surface area contributed by atoms with E-state index in [2.05, 4.69) is 15.6 Å². The van der Waals surface area contributed by atoms with Crippen LogP contribution in [-0.2, 0) is 5.60 Å². The zero-order valence-electron chi connectivity index (χ0n) is 14.7. The van der Waals surface area contributed by atoms with Crippen LogP contribution in [-0.4, -0.2) is 38.4 Å². The first-order valence-electron chi connectivity index (χ1n) is 8.19. The summed E-state index contributed by atoms with van der Waals surface area (Å²) in [6.45, 7) is 0. The second-order valence-corrected chi connectivity index (χ2v) is 6.12. The Bertz CT molecular complexity index is 1020. The lowest BCUT2D eigenvalue weighted by molar-refractivity contribution is -0.376. The quantitative estimate of drug-likeness (QED) is 0.617. The Hall–Kier alpha value is -3.41. The monoisotopic (exact) mass is 430 g/mol. The molecule has 3 rings (SSSR count). The van der Waals surface area contributed by atoms with Gasteiger partial charge >= 0.3 is 12.4 Å². The third-order valence-corrected chi connectivity index (χ3v) is 4.13. The fourth-order valence-corrected chi connectivity index (χ4v) is 2.55. The van der Waals surface area contributed by atoms with Crippen molar-refractivity contribution in [2.75, 3.05) is 5.32 Å². The van der Waals surface area contributed by atoms with Gasteiger partial charge in [-0.25, -0.2) is 4.68 Å². The van der Waals surface area contributed by atoms with Crippen molar-refractivity contribution >= 4 is 11.6 Å². The van der Waals surface area contributed by atoms with Crippen LogP contribution in [0, 0.1) is 0 Å². The lowest BCUT2D eigenvalue weighted by Gasteiger charge is -2.32. The molecule has 3 aromatic rings. The summed E-state index contributed by atoms with van der Waals surface area (Å²) in [6, 6.07) is 11.1. The Morgan fingerprint density at radius 2 is 1.47 bits per heavy atom. The number of carbonyl (C=O) groups is 1. The lowest BCUT2D eigenvalue weighted by Crippen LogP contribution is -2.53. The first-order chi connectivity index (χ1) is 13.9. The van der Waals surface area contributed by atoms with Gasteiger partial charge in [-0.3, -0.25) is 4.79 Å². The summed E-state index contributed by atoms with van der Waals surface area (Å²) in [7, 11) is 0. The van der Waals surface area contributed by atoms with Crippen LogP contribution in [0.25, 0.3) is 5.69 Å². The predicted molar refractivity (Wildman–Crippen MR) is 91.8 cm³/mol. The summed E-state index contributed by atoms with van der Waals surface area (Å²) in [5, 5.41) is 19.1. The van der Waals surface area contributed by atoms with Gasteiger partial charge in [0.2, 0.25) is 0 Å². The molecule has 0 aliphatic rings. The first-order valence-corrected chi connectivity index (χ1v) is 8.19. The van der Waals surface area contributed by atoms with Crippen LogP contribution in [0.5, 0.6) is 0 Å². The number of aliphatic hydroxyl groups is 1. The second-order valence-electron chi connectivity index (χ2n) is 6.12. The smallest absolute Gasteiger partial charge is 0.369 e. The van der Waals surface area contributed by atoms with Gasteiger partial charge in [-0.2, -0.15) is 26.3 Å². The molecule has 2 aromatic carbocycles. The highest BCUT2D eigenvalue weighted by Crippen LogP contribution is 2.50. The molecule has 158 valence electrons. The summed E-state index contributed by atoms with van der Waals surface area (Å²) in [6.07, 6.45) is -10.7. The average Bonchev–Trinajstić information content (AvgIpc) is 3.17. The van der Waals surface area contributed by atoms with Gasteiger partial charge in [0, 0.05) is 11.3 Å². The van der Waals surface area contributed by atoms with Crippen LogP contribution in [0.2, 0.25) is 0 Å². The SMILES string of the molecule is O=C(Nc1ccc(C(O)(C(F)(F)F)C(F)(F)F)cc1)c1cn(-c2ccccc2)nn1. The Morgan fingerprint density at radius 1 is 0.900 bits per heavy atom. The summed E-state index contributed by atoms with van der Waals surface area (Å²) in [4.78, 5) is 12.2. The maximum absolute atomic E-state index is 12.9. The highest BCUT2D eigenvalue weighted by atomic mass is 19.4. The molecule has 0 saturated carbocycles. The summed E-state index contributed by atoms with van der Waals surface area (Å²) < 4.78 is 78.7. The number of amides is 1. The van der Waals surface area contributed by atoms with Crippen molar-refractivity contribution in [2.45, 2.75) is 18.0 Å². The normalized spacial score (nSPS) is 12.6. The van der Waals surface area contributed by atoms with Crippen molar-refractivity contribution in [2.24, 2.45) is 0 Å². The number of para-hydroxylation sites is 1. The third-order valence-electron chi connectivity index (χ3n) is 4.13. The van der Waals surface area contributed by atoms with E-state index in [0.29, 0.717) is 17.8 Å². The van der Waals surface area contributed by atoms with E-state index >= 15 is 0 Å². The molecule has 0 aliphatic carbocycles. The molecule has 0 atom stereocenters. The molecule has 30 heavy (non-hydrogen) atoms. The minimum Gasteiger partial charge on any atom is -0.369 e. The molecule has 12 heteroatoms. The van der Waals surface area contributed by atoms with Gasteiger partial charge in [0.1, 0.15) is 0 Å². The van der Waals surface area contributed by atoms with Gasteiger partial charge in [0.05, 0.1) is 11.9 Å². The number of hydrogen-bond donors (Lipinski definition) is 2. The van der Waals surface area contributed by atoms with Crippen molar-refractivity contribution in [1.29, 1.82) is 0 Å². The molecule has 1 heterocycles. The number of carbonyl (C=O) groups excluding carboxylic acids is 1. The van der Waals surface area contributed by atoms with Crippen molar-refractivity contribution in [3.63, 3.8) is 0 Å². The summed E-state index contributed by atoms with van der Waals surface area (Å²) in [5.74, 6) is -0.785. The van der Waals surface area contributed by atoms with Gasteiger partial charge in [0.25, 0.3) is 11.5 Å². The molecule has 1 amide bonds. The Morgan fingerprint density at radius 3 is 2.00 bits per heavy atom. The highest BCUT2D eigenvalue weighted by molar-refractivity contribution is 6.02. The molecule has 0 saturated heterocycles. The number of hydrogen-bond acceptors (Lipinski definition) is 4. The van der Waals surface area contributed by atoms with Crippen molar-refractivity contribution in [3.8, 4) is 5.69 Å². The minimum absolute atomic E-state index is 0.107. The fraction of sp³-hybridized carbons (Fsp3) is 0.167. The number of nitrogens with one attached hydrogen (secondary N) is 1. The third kappa shape index (κ3) is 3.85. The van der Waals surface area contributed by atoms with E-state index in [4.69, 9.17) is 0 Å². The number of aromatic nitrogens is 3. The van der Waals surface area contributed by atoms with E-state index in [-0.39, 0.29) is 11.4 Å². The maximum atomic E-state index is 12.9. The van der Waals surface area contributed by atoms with Gasteiger partial charge in [-0.15, -0.1) is 5.10 Å². The average molecular weight is 430 g/mol. The number of rotatable bonds is 4. The Kier molecular flexibility index (Phi) is 5.29. The van der Waals surface area contributed by atoms with E-state index in [1.807, 2.05) is 0 Å². The number of benzene rings is 2. The van der Waals surface area contributed by atoms with E-state index in [1.54, 1.807) is 30.3 Å². The van der Waals surface area contributed by atoms with Crippen LogP contribution in [0.3, 0.4) is 0 Å². The standard InChI is InChI=1S/C18H12F6N4O2/c19-17(20,21)16(30,18(22,23)24)11-6-8-12(9-7-11)25-15(29)14-10-28(27-26-14)13-4-2-1-3-5-13/h1-10,30H,(H,25,29). The van der Waals surface area contributed by atoms with E-state index < -0.39 is 29.4 Å². The molecular formula is C18H12F6N4O2. The molecule has 1 aromatic heterocycles. The van der Waals surface area contributed by atoms with Gasteiger partial charge < -0.3 is 10.4 Å². The van der Waals surface area contributed by atoms with Crippen molar-refractivity contribution < 1.29 is 36.2 Å². The molecule has 0 unspecified atom stereocenters.